The van der Waals surface area contributed by atoms with E-state index in [1.807, 2.05) is 0 Å². The van der Waals surface area contributed by atoms with Crippen LogP contribution < -0.4 is 11.5 Å². The van der Waals surface area contributed by atoms with Crippen LogP contribution in [0.1, 0.15) is 5.56 Å². The van der Waals surface area contributed by atoms with Gasteiger partial charge in [0.05, 0.1) is 12.6 Å². The van der Waals surface area contributed by atoms with Crippen molar-refractivity contribution < 1.29 is 18.9 Å². The molecule has 92 valence electrons. The highest BCUT2D eigenvalue weighted by atomic mass is 31.2. The summed E-state index contributed by atoms with van der Waals surface area (Å²) in [6, 6.07) is 6.07. The quantitative estimate of drug-likeness (QED) is 0.345. The Kier molecular flexibility index (Phi) is 4.70. The Hall–Kier alpha value is -1.35. The van der Waals surface area contributed by atoms with E-state index in [-0.39, 0.29) is 6.61 Å². The zero-order valence-corrected chi connectivity index (χ0v) is 9.80. The summed E-state index contributed by atoms with van der Waals surface area (Å²) in [5.74, 6) is 5.35. The Morgan fingerprint density at radius 2 is 1.94 bits per heavy atom. The Morgan fingerprint density at radius 3 is 2.47 bits per heavy atom. The molecule has 0 aromatic heterocycles. The Bertz CT molecular complexity index is 471. The predicted octanol–water partition coefficient (Wildman–Crippen LogP) is 0.0569. The summed E-state index contributed by atoms with van der Waals surface area (Å²) in [5.41, 5.74) is 12.3. The molecule has 0 fully saturated rings. The summed E-state index contributed by atoms with van der Waals surface area (Å²) in [4.78, 5) is 16.9. The van der Waals surface area contributed by atoms with E-state index in [1.165, 1.54) is 0 Å². The lowest BCUT2D eigenvalue weighted by atomic mass is 10.2. The van der Waals surface area contributed by atoms with E-state index in [2.05, 4.69) is 16.4 Å². The first-order chi connectivity index (χ1) is 7.87. The van der Waals surface area contributed by atoms with Crippen LogP contribution in [0.25, 0.3) is 0 Å². The van der Waals surface area contributed by atoms with Crippen LogP contribution in [0.4, 0.5) is 5.69 Å². The molecular weight excluding hydrogens is 243 g/mol. The van der Waals surface area contributed by atoms with Crippen molar-refractivity contribution in [3.05, 3.63) is 29.8 Å². The van der Waals surface area contributed by atoms with Gasteiger partial charge in [-0.05, 0) is 24.3 Å². The van der Waals surface area contributed by atoms with E-state index in [9.17, 15) is 4.57 Å². The first-order valence-electron chi connectivity index (χ1n) is 4.69. The minimum Gasteiger partial charge on any atom is -0.399 e. The van der Waals surface area contributed by atoms with Crippen LogP contribution in [0, 0.1) is 11.8 Å². The lowest BCUT2D eigenvalue weighted by Crippen LogP contribution is -2.23. The number of nitrogens with two attached hydrogens (primary N) is 2. The van der Waals surface area contributed by atoms with Gasteiger partial charge in [-0.2, -0.15) is 0 Å². The molecule has 0 radical (unpaired) electrons. The third kappa shape index (κ3) is 6.07. The van der Waals surface area contributed by atoms with Gasteiger partial charge in [0, 0.05) is 11.3 Å². The van der Waals surface area contributed by atoms with Gasteiger partial charge in [-0.15, -0.1) is 0 Å². The summed E-state index contributed by atoms with van der Waals surface area (Å²) < 4.78 is 14.6. The van der Waals surface area contributed by atoms with Crippen molar-refractivity contribution in [1.29, 1.82) is 0 Å². The van der Waals surface area contributed by atoms with Crippen LogP contribution in [0.15, 0.2) is 24.3 Å². The number of phosphoric acid groups is 1. The molecule has 6 nitrogen and oxygen atoms in total. The van der Waals surface area contributed by atoms with Crippen molar-refractivity contribution in [3.63, 3.8) is 0 Å². The van der Waals surface area contributed by atoms with Crippen LogP contribution in [0.3, 0.4) is 0 Å². The maximum atomic E-state index is 10.4. The fourth-order valence-electron chi connectivity index (χ4n) is 0.962. The molecule has 1 aromatic rings. The average Bonchev–Trinajstić information content (AvgIpc) is 2.25. The first-order valence-corrected chi connectivity index (χ1v) is 6.22. The summed E-state index contributed by atoms with van der Waals surface area (Å²) in [7, 11) is -4.49. The number of hydrogen-bond acceptors (Lipinski definition) is 4. The molecule has 1 aromatic carbocycles. The molecule has 0 aliphatic carbocycles. The van der Waals surface area contributed by atoms with Gasteiger partial charge >= 0.3 is 7.82 Å². The molecule has 17 heavy (non-hydrogen) atoms. The monoisotopic (exact) mass is 256 g/mol. The molecule has 0 bridgehead atoms. The van der Waals surface area contributed by atoms with Gasteiger partial charge in [0.2, 0.25) is 0 Å². The highest BCUT2D eigenvalue weighted by molar-refractivity contribution is 7.46. The molecule has 0 aliphatic rings. The molecule has 1 rings (SSSR count). The SMILES string of the molecule is Nc1ccc(C#CC(N)COP(=O)(O)O)cc1. The van der Waals surface area contributed by atoms with Crippen molar-refractivity contribution >= 4 is 13.5 Å². The third-order valence-corrected chi connectivity index (χ3v) is 2.22. The van der Waals surface area contributed by atoms with Crippen molar-refractivity contribution in [2.24, 2.45) is 5.73 Å². The lowest BCUT2D eigenvalue weighted by molar-refractivity contribution is 0.194. The van der Waals surface area contributed by atoms with Crippen molar-refractivity contribution in [2.45, 2.75) is 6.04 Å². The molecule has 1 unspecified atom stereocenters. The molecule has 0 heterocycles. The zero-order chi connectivity index (χ0) is 12.9. The summed E-state index contributed by atoms with van der Waals surface area (Å²) in [6.45, 7) is -0.327. The first kappa shape index (κ1) is 13.7. The molecule has 1 atom stereocenters. The Balaban J connectivity index is 2.54. The minimum atomic E-state index is -4.49. The van der Waals surface area contributed by atoms with Crippen LogP contribution in [-0.2, 0) is 9.09 Å². The molecule has 0 saturated carbocycles. The minimum absolute atomic E-state index is 0.327. The fourth-order valence-corrected chi connectivity index (χ4v) is 1.32. The highest BCUT2D eigenvalue weighted by Crippen LogP contribution is 2.35. The fraction of sp³-hybridized carbons (Fsp3) is 0.200. The second-order valence-corrected chi connectivity index (χ2v) is 4.52. The number of anilines is 1. The van der Waals surface area contributed by atoms with E-state index >= 15 is 0 Å². The topological polar surface area (TPSA) is 119 Å². The molecular formula is C10H13N2O4P. The Morgan fingerprint density at radius 1 is 1.35 bits per heavy atom. The molecule has 0 saturated heterocycles. The number of rotatable bonds is 3. The summed E-state index contributed by atoms with van der Waals surface area (Å²) >= 11 is 0. The molecule has 0 spiro atoms. The highest BCUT2D eigenvalue weighted by Gasteiger charge is 2.14. The number of nitrogen functional groups attached to an aromatic ring is 1. The maximum absolute atomic E-state index is 10.4. The van der Waals surface area contributed by atoms with Gasteiger partial charge in [0.25, 0.3) is 0 Å². The van der Waals surface area contributed by atoms with Crippen LogP contribution in [0.5, 0.6) is 0 Å². The second-order valence-electron chi connectivity index (χ2n) is 3.28. The number of hydrogen-bond donors (Lipinski definition) is 4. The van der Waals surface area contributed by atoms with E-state index in [4.69, 9.17) is 21.3 Å². The van der Waals surface area contributed by atoms with Crippen LogP contribution in [0.2, 0.25) is 0 Å². The number of phosphoric ester groups is 1. The van der Waals surface area contributed by atoms with Crippen LogP contribution in [-0.4, -0.2) is 22.4 Å². The molecule has 0 aliphatic heterocycles. The normalized spacial score (nSPS) is 12.6. The van der Waals surface area contributed by atoms with Gasteiger partial charge in [-0.1, -0.05) is 11.8 Å². The van der Waals surface area contributed by atoms with E-state index in [1.54, 1.807) is 24.3 Å². The molecule has 0 amide bonds. The van der Waals surface area contributed by atoms with Gasteiger partial charge in [0.15, 0.2) is 0 Å². The maximum Gasteiger partial charge on any atom is 0.469 e. The van der Waals surface area contributed by atoms with Gasteiger partial charge in [-0.25, -0.2) is 4.57 Å². The zero-order valence-electron chi connectivity index (χ0n) is 8.91. The van der Waals surface area contributed by atoms with E-state index < -0.39 is 13.9 Å². The van der Waals surface area contributed by atoms with Gasteiger partial charge in [0.1, 0.15) is 0 Å². The average molecular weight is 256 g/mol. The van der Waals surface area contributed by atoms with Crippen molar-refractivity contribution in [3.8, 4) is 11.8 Å². The van der Waals surface area contributed by atoms with Crippen LogP contribution >= 0.6 is 7.82 Å². The lowest BCUT2D eigenvalue weighted by Gasteiger charge is -2.06. The van der Waals surface area contributed by atoms with Gasteiger partial charge in [-0.3, -0.25) is 4.52 Å². The second kappa shape index (κ2) is 5.82. The third-order valence-electron chi connectivity index (χ3n) is 1.73. The van der Waals surface area contributed by atoms with Crippen molar-refractivity contribution in [1.82, 2.24) is 0 Å². The Labute approximate surface area is 98.8 Å². The van der Waals surface area contributed by atoms with E-state index in [0.717, 1.165) is 0 Å². The van der Waals surface area contributed by atoms with Crippen molar-refractivity contribution in [2.75, 3.05) is 12.3 Å². The molecule has 6 N–H and O–H groups in total. The number of benzene rings is 1. The summed E-state index contributed by atoms with van der Waals surface area (Å²) in [5, 5.41) is 0. The van der Waals surface area contributed by atoms with Gasteiger partial charge < -0.3 is 21.3 Å². The molecule has 7 heteroatoms. The largest absolute Gasteiger partial charge is 0.469 e. The standard InChI is InChI=1S/C10H13N2O4P/c11-9-4-1-8(2-5-9)3-6-10(12)7-16-17(13,14)15/h1-2,4-5,10H,7,11-12H2,(H2,13,14,15). The smallest absolute Gasteiger partial charge is 0.399 e. The van der Waals surface area contributed by atoms with E-state index in [0.29, 0.717) is 11.3 Å². The summed E-state index contributed by atoms with van der Waals surface area (Å²) in [6.07, 6.45) is 0. The predicted molar refractivity (Wildman–Crippen MR) is 63.7 cm³/mol.